The second-order valence-electron chi connectivity index (χ2n) is 4.17. The van der Waals surface area contributed by atoms with Crippen molar-refractivity contribution < 1.29 is 9.90 Å². The molecule has 0 unspecified atom stereocenters. The van der Waals surface area contributed by atoms with Crippen molar-refractivity contribution in [2.24, 2.45) is 0 Å². The van der Waals surface area contributed by atoms with Crippen molar-refractivity contribution >= 4 is 27.4 Å². The average molecular weight is 263 g/mol. The van der Waals surface area contributed by atoms with Crippen LogP contribution in [-0.4, -0.2) is 29.1 Å². The normalized spacial score (nSPS) is 11.3. The minimum atomic E-state index is -0.821. The quantitative estimate of drug-likeness (QED) is 0.898. The van der Waals surface area contributed by atoms with Crippen molar-refractivity contribution in [2.75, 3.05) is 13.1 Å². The predicted octanol–water partition coefficient (Wildman–Crippen LogP) is 3.44. The first-order valence-electron chi connectivity index (χ1n) is 6.13. The fourth-order valence-corrected chi connectivity index (χ4v) is 3.15. The summed E-state index contributed by atoms with van der Waals surface area (Å²) in [5, 5.41) is 10.4. The molecule has 1 aromatic heterocycles. The number of fused-ring (bicyclic) bond motifs is 1. The van der Waals surface area contributed by atoms with E-state index in [0.717, 1.165) is 28.7 Å². The van der Waals surface area contributed by atoms with Gasteiger partial charge in [0.25, 0.3) is 0 Å². The van der Waals surface area contributed by atoms with Gasteiger partial charge in [-0.25, -0.2) is 4.79 Å². The number of carbonyl (C=O) groups is 1. The van der Waals surface area contributed by atoms with Gasteiger partial charge in [-0.1, -0.05) is 32.0 Å². The molecular weight excluding hydrogens is 246 g/mol. The lowest BCUT2D eigenvalue weighted by Gasteiger charge is -2.18. The Bertz CT molecular complexity index is 558. The Labute approximate surface area is 111 Å². The van der Waals surface area contributed by atoms with E-state index in [2.05, 4.69) is 18.7 Å². The van der Waals surface area contributed by atoms with Gasteiger partial charge in [0.05, 0.1) is 0 Å². The molecule has 0 saturated carbocycles. The minimum absolute atomic E-state index is 0.475. The summed E-state index contributed by atoms with van der Waals surface area (Å²) in [6.07, 6.45) is 0. The number of benzene rings is 1. The minimum Gasteiger partial charge on any atom is -0.477 e. The summed E-state index contributed by atoms with van der Waals surface area (Å²) in [4.78, 5) is 14.1. The first-order chi connectivity index (χ1) is 8.67. The number of aromatic carboxylic acids is 1. The molecule has 1 heterocycles. The molecule has 2 rings (SSSR count). The van der Waals surface area contributed by atoms with Crippen LogP contribution in [0.3, 0.4) is 0 Å². The predicted molar refractivity (Wildman–Crippen MR) is 75.4 cm³/mol. The van der Waals surface area contributed by atoms with E-state index in [1.54, 1.807) is 0 Å². The number of carboxylic acids is 1. The van der Waals surface area contributed by atoms with Crippen LogP contribution < -0.4 is 0 Å². The molecule has 0 bridgehead atoms. The van der Waals surface area contributed by atoms with Crippen molar-refractivity contribution in [2.45, 2.75) is 20.4 Å². The van der Waals surface area contributed by atoms with E-state index in [1.807, 2.05) is 24.3 Å². The summed E-state index contributed by atoms with van der Waals surface area (Å²) in [6.45, 7) is 6.76. The van der Waals surface area contributed by atoms with Crippen LogP contribution in [0.25, 0.3) is 10.1 Å². The van der Waals surface area contributed by atoms with Crippen LogP contribution in [0.15, 0.2) is 24.3 Å². The first kappa shape index (κ1) is 13.1. The highest BCUT2D eigenvalue weighted by atomic mass is 32.1. The van der Waals surface area contributed by atoms with Gasteiger partial charge in [0.2, 0.25) is 0 Å². The third kappa shape index (κ3) is 2.40. The highest BCUT2D eigenvalue weighted by Crippen LogP contribution is 2.32. The van der Waals surface area contributed by atoms with Crippen LogP contribution in [0.4, 0.5) is 0 Å². The van der Waals surface area contributed by atoms with Crippen LogP contribution in [0.5, 0.6) is 0 Å². The molecule has 0 fully saturated rings. The molecule has 0 aliphatic heterocycles. The Balaban J connectivity index is 2.51. The second kappa shape index (κ2) is 5.50. The first-order valence-corrected chi connectivity index (χ1v) is 6.95. The van der Waals surface area contributed by atoms with Gasteiger partial charge >= 0.3 is 5.97 Å². The highest BCUT2D eigenvalue weighted by Gasteiger charge is 2.18. The summed E-state index contributed by atoms with van der Waals surface area (Å²) < 4.78 is 1.05. The SMILES string of the molecule is CCN(CC)Cc1c(C(=O)O)sc2ccccc12. The van der Waals surface area contributed by atoms with Crippen molar-refractivity contribution in [1.82, 2.24) is 4.90 Å². The Kier molecular flexibility index (Phi) is 3.99. The summed E-state index contributed by atoms with van der Waals surface area (Å²) in [5.41, 5.74) is 0.951. The standard InChI is InChI=1S/C14H17NO2S/c1-3-15(4-2)9-11-10-7-5-6-8-12(10)18-13(11)14(16)17/h5-8H,3-4,9H2,1-2H3,(H,16,17). The Morgan fingerprint density at radius 2 is 1.94 bits per heavy atom. The van der Waals surface area contributed by atoms with Crippen LogP contribution in [-0.2, 0) is 6.54 Å². The van der Waals surface area contributed by atoms with E-state index >= 15 is 0 Å². The van der Waals surface area contributed by atoms with Crippen LogP contribution in [0, 0.1) is 0 Å². The molecule has 18 heavy (non-hydrogen) atoms. The Morgan fingerprint density at radius 1 is 1.28 bits per heavy atom. The molecule has 1 N–H and O–H groups in total. The summed E-state index contributed by atoms with van der Waals surface area (Å²) >= 11 is 1.37. The van der Waals surface area contributed by atoms with Gasteiger partial charge < -0.3 is 5.11 Å². The zero-order valence-corrected chi connectivity index (χ0v) is 11.5. The van der Waals surface area contributed by atoms with Crippen LogP contribution >= 0.6 is 11.3 Å². The highest BCUT2D eigenvalue weighted by molar-refractivity contribution is 7.21. The molecule has 4 heteroatoms. The third-order valence-electron chi connectivity index (χ3n) is 3.17. The molecule has 0 aliphatic carbocycles. The van der Waals surface area contributed by atoms with E-state index in [4.69, 9.17) is 0 Å². The van der Waals surface area contributed by atoms with Gasteiger partial charge in [0.1, 0.15) is 4.88 Å². The van der Waals surface area contributed by atoms with Gasteiger partial charge in [-0.3, -0.25) is 4.90 Å². The lowest BCUT2D eigenvalue weighted by atomic mass is 10.1. The molecule has 0 radical (unpaired) electrons. The summed E-state index contributed by atoms with van der Waals surface area (Å²) in [7, 11) is 0. The van der Waals surface area contributed by atoms with Crippen LogP contribution in [0.1, 0.15) is 29.1 Å². The van der Waals surface area contributed by atoms with Gasteiger partial charge in [-0.05, 0) is 30.1 Å². The van der Waals surface area contributed by atoms with E-state index in [1.165, 1.54) is 11.3 Å². The fraction of sp³-hybridized carbons (Fsp3) is 0.357. The lowest BCUT2D eigenvalue weighted by molar-refractivity contribution is 0.0700. The number of hydrogen-bond acceptors (Lipinski definition) is 3. The van der Waals surface area contributed by atoms with Crippen LogP contribution in [0.2, 0.25) is 0 Å². The van der Waals surface area contributed by atoms with Crippen molar-refractivity contribution in [3.8, 4) is 0 Å². The summed E-state index contributed by atoms with van der Waals surface area (Å²) in [5.74, 6) is -0.821. The topological polar surface area (TPSA) is 40.5 Å². The Morgan fingerprint density at radius 3 is 2.56 bits per heavy atom. The molecule has 96 valence electrons. The van der Waals surface area contributed by atoms with Gasteiger partial charge in [-0.2, -0.15) is 0 Å². The molecule has 2 aromatic rings. The molecule has 0 spiro atoms. The smallest absolute Gasteiger partial charge is 0.346 e. The van der Waals surface area contributed by atoms with E-state index < -0.39 is 5.97 Å². The maximum atomic E-state index is 11.3. The monoisotopic (exact) mass is 263 g/mol. The zero-order chi connectivity index (χ0) is 13.1. The average Bonchev–Trinajstić information content (AvgIpc) is 2.75. The zero-order valence-electron chi connectivity index (χ0n) is 10.6. The van der Waals surface area contributed by atoms with Gasteiger partial charge in [0.15, 0.2) is 0 Å². The fourth-order valence-electron chi connectivity index (χ4n) is 2.10. The molecule has 0 amide bonds. The number of carboxylic acid groups (broad SMARTS) is 1. The van der Waals surface area contributed by atoms with Gasteiger partial charge in [-0.15, -0.1) is 11.3 Å². The van der Waals surface area contributed by atoms with E-state index in [0.29, 0.717) is 11.4 Å². The number of hydrogen-bond donors (Lipinski definition) is 1. The second-order valence-corrected chi connectivity index (χ2v) is 5.22. The van der Waals surface area contributed by atoms with E-state index in [-0.39, 0.29) is 0 Å². The van der Waals surface area contributed by atoms with Crippen molar-refractivity contribution in [1.29, 1.82) is 0 Å². The molecule has 0 atom stereocenters. The number of thiophene rings is 1. The largest absolute Gasteiger partial charge is 0.477 e. The number of rotatable bonds is 5. The molecule has 0 aliphatic rings. The number of nitrogens with zero attached hydrogens (tertiary/aromatic N) is 1. The molecule has 1 aromatic carbocycles. The molecule has 0 saturated heterocycles. The van der Waals surface area contributed by atoms with Crippen molar-refractivity contribution in [3.63, 3.8) is 0 Å². The maximum Gasteiger partial charge on any atom is 0.346 e. The lowest BCUT2D eigenvalue weighted by Crippen LogP contribution is -2.22. The van der Waals surface area contributed by atoms with E-state index in [9.17, 15) is 9.90 Å². The summed E-state index contributed by atoms with van der Waals surface area (Å²) in [6, 6.07) is 7.91. The molecular formula is C14H17NO2S. The third-order valence-corrected chi connectivity index (χ3v) is 4.37. The van der Waals surface area contributed by atoms with Gasteiger partial charge in [0, 0.05) is 11.2 Å². The maximum absolute atomic E-state index is 11.3. The molecule has 3 nitrogen and oxygen atoms in total. The Hall–Kier alpha value is -1.39. The van der Waals surface area contributed by atoms with Crippen molar-refractivity contribution in [3.05, 3.63) is 34.7 Å².